The van der Waals surface area contributed by atoms with E-state index in [1.165, 1.54) is 0 Å². The van der Waals surface area contributed by atoms with E-state index >= 15 is 0 Å². The van der Waals surface area contributed by atoms with Crippen LogP contribution in [0.4, 0.5) is 13.2 Å². The standard InChI is InChI=1S/C14H7F3N2O2/c15-6-1-2-9(16)7(3-6)13-18-11-4-8(14(20)21)10(17)5-12(11)19-13/h1-5H,(H,18,19)(H,20,21). The van der Waals surface area contributed by atoms with Gasteiger partial charge in [0.1, 0.15) is 23.3 Å². The molecule has 1 aromatic heterocycles. The summed E-state index contributed by atoms with van der Waals surface area (Å²) >= 11 is 0. The summed E-state index contributed by atoms with van der Waals surface area (Å²) in [4.78, 5) is 17.5. The van der Waals surface area contributed by atoms with Crippen molar-refractivity contribution < 1.29 is 23.1 Å². The highest BCUT2D eigenvalue weighted by Crippen LogP contribution is 2.25. The molecule has 0 saturated carbocycles. The Bertz CT molecular complexity index is 874. The molecule has 0 aliphatic carbocycles. The van der Waals surface area contributed by atoms with E-state index in [9.17, 15) is 18.0 Å². The minimum Gasteiger partial charge on any atom is -0.478 e. The van der Waals surface area contributed by atoms with Gasteiger partial charge in [-0.15, -0.1) is 0 Å². The highest BCUT2D eigenvalue weighted by atomic mass is 19.1. The number of nitrogens with zero attached hydrogens (tertiary/aromatic N) is 1. The van der Waals surface area contributed by atoms with Crippen molar-refractivity contribution in [2.24, 2.45) is 0 Å². The van der Waals surface area contributed by atoms with E-state index in [0.717, 1.165) is 30.3 Å². The largest absolute Gasteiger partial charge is 0.478 e. The van der Waals surface area contributed by atoms with E-state index < -0.39 is 29.0 Å². The number of nitrogens with one attached hydrogen (secondary N) is 1. The maximum Gasteiger partial charge on any atom is 0.338 e. The van der Waals surface area contributed by atoms with Crippen molar-refractivity contribution in [1.29, 1.82) is 0 Å². The molecule has 3 rings (SSSR count). The van der Waals surface area contributed by atoms with Crippen LogP contribution in [-0.2, 0) is 0 Å². The summed E-state index contributed by atoms with van der Waals surface area (Å²) in [5.41, 5.74) is -0.327. The average Bonchev–Trinajstić information content (AvgIpc) is 2.82. The van der Waals surface area contributed by atoms with Gasteiger partial charge in [-0.3, -0.25) is 0 Å². The molecular formula is C14H7F3N2O2. The zero-order valence-corrected chi connectivity index (χ0v) is 10.3. The van der Waals surface area contributed by atoms with Crippen molar-refractivity contribution >= 4 is 17.0 Å². The van der Waals surface area contributed by atoms with Crippen LogP contribution in [0.25, 0.3) is 22.4 Å². The molecule has 3 aromatic rings. The molecule has 0 unspecified atom stereocenters. The highest BCUT2D eigenvalue weighted by molar-refractivity contribution is 5.93. The van der Waals surface area contributed by atoms with Crippen molar-refractivity contribution in [3.8, 4) is 11.4 Å². The summed E-state index contributed by atoms with van der Waals surface area (Å²) in [6.07, 6.45) is 0. The predicted molar refractivity (Wildman–Crippen MR) is 68.4 cm³/mol. The van der Waals surface area contributed by atoms with Crippen LogP contribution in [0.1, 0.15) is 10.4 Å². The number of aromatic amines is 1. The number of carboxylic acids is 1. The number of rotatable bonds is 2. The van der Waals surface area contributed by atoms with Crippen molar-refractivity contribution in [3.63, 3.8) is 0 Å². The molecule has 4 nitrogen and oxygen atoms in total. The molecule has 7 heteroatoms. The fourth-order valence-electron chi connectivity index (χ4n) is 2.00. The van der Waals surface area contributed by atoms with E-state index in [-0.39, 0.29) is 22.4 Å². The lowest BCUT2D eigenvalue weighted by molar-refractivity contribution is 0.0692. The van der Waals surface area contributed by atoms with Gasteiger partial charge in [-0.05, 0) is 24.3 Å². The van der Waals surface area contributed by atoms with Gasteiger partial charge in [-0.1, -0.05) is 0 Å². The van der Waals surface area contributed by atoms with Crippen molar-refractivity contribution in [2.75, 3.05) is 0 Å². The number of carbonyl (C=O) groups is 1. The number of hydrogen-bond donors (Lipinski definition) is 2. The van der Waals surface area contributed by atoms with Gasteiger partial charge in [0, 0.05) is 6.07 Å². The third-order valence-corrected chi connectivity index (χ3v) is 2.98. The number of aromatic carboxylic acids is 1. The minimum atomic E-state index is -1.43. The summed E-state index contributed by atoms with van der Waals surface area (Å²) in [7, 11) is 0. The first-order valence-electron chi connectivity index (χ1n) is 5.83. The smallest absolute Gasteiger partial charge is 0.338 e. The van der Waals surface area contributed by atoms with E-state index in [1.807, 2.05) is 0 Å². The Morgan fingerprint density at radius 2 is 1.86 bits per heavy atom. The molecule has 0 atom stereocenters. The second-order valence-corrected chi connectivity index (χ2v) is 4.36. The molecule has 2 aromatic carbocycles. The number of fused-ring (bicyclic) bond motifs is 1. The summed E-state index contributed by atoms with van der Waals surface area (Å²) in [6.45, 7) is 0. The lowest BCUT2D eigenvalue weighted by atomic mass is 10.2. The fraction of sp³-hybridized carbons (Fsp3) is 0. The summed E-state index contributed by atoms with van der Waals surface area (Å²) < 4.78 is 40.4. The van der Waals surface area contributed by atoms with Gasteiger partial charge in [-0.25, -0.2) is 22.9 Å². The monoisotopic (exact) mass is 292 g/mol. The quantitative estimate of drug-likeness (QED) is 0.761. The Kier molecular flexibility index (Phi) is 2.90. The van der Waals surface area contributed by atoms with Crippen LogP contribution in [0.5, 0.6) is 0 Å². The van der Waals surface area contributed by atoms with E-state index in [0.29, 0.717) is 0 Å². The number of hydrogen-bond acceptors (Lipinski definition) is 2. The molecule has 0 aliphatic rings. The Morgan fingerprint density at radius 3 is 2.57 bits per heavy atom. The number of imidazole rings is 1. The van der Waals surface area contributed by atoms with Crippen LogP contribution in [0.2, 0.25) is 0 Å². The number of H-pyrrole nitrogens is 1. The molecule has 106 valence electrons. The Hall–Kier alpha value is -2.83. The normalized spacial score (nSPS) is 11.0. The molecule has 1 heterocycles. The third-order valence-electron chi connectivity index (χ3n) is 2.98. The zero-order chi connectivity index (χ0) is 15.1. The second-order valence-electron chi connectivity index (χ2n) is 4.36. The summed E-state index contributed by atoms with van der Waals surface area (Å²) in [6, 6.07) is 4.84. The van der Waals surface area contributed by atoms with E-state index in [4.69, 9.17) is 5.11 Å². The lowest BCUT2D eigenvalue weighted by Gasteiger charge is -1.98. The van der Waals surface area contributed by atoms with Crippen LogP contribution in [0, 0.1) is 17.5 Å². The fourth-order valence-corrected chi connectivity index (χ4v) is 2.00. The third kappa shape index (κ3) is 2.22. The minimum absolute atomic E-state index is 0.0102. The maximum atomic E-state index is 13.7. The van der Waals surface area contributed by atoms with Crippen molar-refractivity contribution in [3.05, 3.63) is 53.3 Å². The van der Waals surface area contributed by atoms with Crippen LogP contribution >= 0.6 is 0 Å². The number of aromatic nitrogens is 2. The predicted octanol–water partition coefficient (Wildman–Crippen LogP) is 3.35. The molecule has 21 heavy (non-hydrogen) atoms. The SMILES string of the molecule is O=C(O)c1cc2nc(-c3cc(F)ccc3F)[nH]c2cc1F. The average molecular weight is 292 g/mol. The molecule has 0 saturated heterocycles. The van der Waals surface area contributed by atoms with E-state index in [2.05, 4.69) is 9.97 Å². The van der Waals surface area contributed by atoms with Gasteiger partial charge in [0.25, 0.3) is 0 Å². The van der Waals surface area contributed by atoms with Gasteiger partial charge < -0.3 is 10.1 Å². The molecule has 0 fully saturated rings. The number of carboxylic acid groups (broad SMARTS) is 1. The Morgan fingerprint density at radius 1 is 1.10 bits per heavy atom. The number of benzene rings is 2. The van der Waals surface area contributed by atoms with Crippen molar-refractivity contribution in [1.82, 2.24) is 9.97 Å². The molecule has 0 radical (unpaired) electrons. The first-order valence-corrected chi connectivity index (χ1v) is 5.83. The number of halogens is 3. The van der Waals surface area contributed by atoms with Gasteiger partial charge in [0.2, 0.25) is 0 Å². The lowest BCUT2D eigenvalue weighted by Crippen LogP contribution is -1.99. The Labute approximate surface area is 115 Å². The topological polar surface area (TPSA) is 66.0 Å². The summed E-state index contributed by atoms with van der Waals surface area (Å²) in [5, 5.41) is 8.84. The maximum absolute atomic E-state index is 13.7. The van der Waals surface area contributed by atoms with Gasteiger partial charge in [0.05, 0.1) is 22.2 Å². The van der Waals surface area contributed by atoms with Crippen LogP contribution in [0.3, 0.4) is 0 Å². The zero-order valence-electron chi connectivity index (χ0n) is 10.3. The van der Waals surface area contributed by atoms with Crippen LogP contribution in [0.15, 0.2) is 30.3 Å². The molecule has 0 aliphatic heterocycles. The first-order chi connectivity index (χ1) is 9.95. The Balaban J connectivity index is 2.21. The van der Waals surface area contributed by atoms with Crippen molar-refractivity contribution in [2.45, 2.75) is 0 Å². The first kappa shape index (κ1) is 13.2. The van der Waals surface area contributed by atoms with Gasteiger partial charge >= 0.3 is 5.97 Å². The summed E-state index contributed by atoms with van der Waals surface area (Å²) in [5.74, 6) is -3.73. The molecule has 0 amide bonds. The van der Waals surface area contributed by atoms with Crippen LogP contribution < -0.4 is 0 Å². The molecule has 0 spiro atoms. The highest BCUT2D eigenvalue weighted by Gasteiger charge is 2.16. The molecular weight excluding hydrogens is 285 g/mol. The van der Waals surface area contributed by atoms with Gasteiger partial charge in [-0.2, -0.15) is 0 Å². The molecule has 0 bridgehead atoms. The van der Waals surface area contributed by atoms with E-state index in [1.54, 1.807) is 0 Å². The van der Waals surface area contributed by atoms with Gasteiger partial charge in [0.15, 0.2) is 0 Å². The molecule has 2 N–H and O–H groups in total. The van der Waals surface area contributed by atoms with Crippen LogP contribution in [-0.4, -0.2) is 21.0 Å². The second kappa shape index (κ2) is 4.62.